The van der Waals surface area contributed by atoms with Crippen LogP contribution in [-0.4, -0.2) is 13.9 Å². The minimum absolute atomic E-state index is 0.0389. The van der Waals surface area contributed by atoms with E-state index in [0.29, 0.717) is 0 Å². The van der Waals surface area contributed by atoms with E-state index in [4.69, 9.17) is 4.66 Å². The summed E-state index contributed by atoms with van der Waals surface area (Å²) < 4.78 is 5.27. The first-order valence-electron chi connectivity index (χ1n) is 8.93. The van der Waals surface area contributed by atoms with Gasteiger partial charge in [0.2, 0.25) is 8.24 Å². The van der Waals surface area contributed by atoms with E-state index in [1.165, 1.54) is 27.6 Å². The van der Waals surface area contributed by atoms with Crippen LogP contribution >= 0.6 is 0 Å². The standard InChI is InChI=1S/C23H27NSi/c1-23(2,3)22-20(17-16-18-12-8-6-9-13-18)21(25(4,5)24-22)19-14-10-7-11-15-19/h6-17H,1-5H3/b17-16+. The largest absolute Gasteiger partial charge is 0.319 e. The van der Waals surface area contributed by atoms with E-state index in [-0.39, 0.29) is 5.41 Å². The molecule has 0 amide bonds. The van der Waals surface area contributed by atoms with Gasteiger partial charge in [-0.05, 0) is 35.0 Å². The molecule has 25 heavy (non-hydrogen) atoms. The van der Waals surface area contributed by atoms with E-state index >= 15 is 0 Å². The van der Waals surface area contributed by atoms with Crippen molar-refractivity contribution in [2.24, 2.45) is 10.1 Å². The van der Waals surface area contributed by atoms with Crippen molar-refractivity contribution in [2.45, 2.75) is 33.9 Å². The molecule has 0 saturated carbocycles. The lowest BCUT2D eigenvalue weighted by atomic mass is 9.84. The third-order valence-electron chi connectivity index (χ3n) is 4.54. The summed E-state index contributed by atoms with van der Waals surface area (Å²) in [6, 6.07) is 21.3. The van der Waals surface area contributed by atoms with Crippen molar-refractivity contribution in [3.05, 3.63) is 83.4 Å². The Labute approximate surface area is 152 Å². The molecular formula is C23H27NSi. The lowest BCUT2D eigenvalue weighted by molar-refractivity contribution is 0.594. The van der Waals surface area contributed by atoms with Gasteiger partial charge in [-0.25, -0.2) is 0 Å². The van der Waals surface area contributed by atoms with Crippen LogP contribution in [0.4, 0.5) is 0 Å². The van der Waals surface area contributed by atoms with Gasteiger partial charge in [0, 0.05) is 11.1 Å². The van der Waals surface area contributed by atoms with Crippen molar-refractivity contribution in [2.75, 3.05) is 0 Å². The van der Waals surface area contributed by atoms with E-state index in [0.717, 1.165) is 0 Å². The minimum atomic E-state index is -1.87. The Kier molecular flexibility index (Phi) is 4.66. The number of hydrogen-bond donors (Lipinski definition) is 0. The van der Waals surface area contributed by atoms with Gasteiger partial charge in [0.15, 0.2) is 0 Å². The molecule has 0 aliphatic carbocycles. The smallest absolute Gasteiger partial charge is 0.207 e. The molecule has 1 aliphatic heterocycles. The molecule has 2 aromatic carbocycles. The van der Waals surface area contributed by atoms with Crippen molar-refractivity contribution in [1.29, 1.82) is 0 Å². The first-order valence-corrected chi connectivity index (χ1v) is 11.9. The van der Waals surface area contributed by atoms with Crippen molar-refractivity contribution < 1.29 is 0 Å². The molecule has 0 fully saturated rings. The second kappa shape index (κ2) is 6.60. The van der Waals surface area contributed by atoms with Crippen molar-refractivity contribution in [3.63, 3.8) is 0 Å². The van der Waals surface area contributed by atoms with E-state index in [1.54, 1.807) is 0 Å². The SMILES string of the molecule is CC(C)(C)C1=N[Si](C)(C)C(c2ccccc2)=C1/C=C/c1ccccc1. The van der Waals surface area contributed by atoms with Gasteiger partial charge in [0.25, 0.3) is 0 Å². The molecule has 1 aliphatic rings. The number of nitrogens with zero attached hydrogens (tertiary/aromatic N) is 1. The molecule has 128 valence electrons. The molecule has 0 saturated heterocycles. The lowest BCUT2D eigenvalue weighted by Gasteiger charge is -2.21. The van der Waals surface area contributed by atoms with Gasteiger partial charge in [-0.2, -0.15) is 0 Å². The fourth-order valence-corrected chi connectivity index (χ4v) is 6.30. The third-order valence-corrected chi connectivity index (χ3v) is 7.11. The van der Waals surface area contributed by atoms with Crippen molar-refractivity contribution in [3.8, 4) is 0 Å². The maximum Gasteiger partial charge on any atom is 0.207 e. The molecule has 0 spiro atoms. The Hall–Kier alpha value is -2.19. The minimum Gasteiger partial charge on any atom is -0.319 e. The van der Waals surface area contributed by atoms with Crippen molar-refractivity contribution >= 4 is 25.2 Å². The zero-order valence-electron chi connectivity index (χ0n) is 15.9. The average Bonchev–Trinajstić information content (AvgIpc) is 2.85. The van der Waals surface area contributed by atoms with Gasteiger partial charge in [-0.15, -0.1) is 0 Å². The predicted octanol–water partition coefficient (Wildman–Crippen LogP) is 6.40. The van der Waals surface area contributed by atoms with Gasteiger partial charge in [0.1, 0.15) is 0 Å². The normalized spacial score (nSPS) is 17.2. The van der Waals surface area contributed by atoms with Crippen LogP contribution in [0.2, 0.25) is 13.1 Å². The van der Waals surface area contributed by atoms with Crippen LogP contribution in [0.15, 0.2) is 77.0 Å². The Bertz CT molecular complexity index is 835. The molecular weight excluding hydrogens is 318 g/mol. The van der Waals surface area contributed by atoms with E-state index < -0.39 is 8.24 Å². The highest BCUT2D eigenvalue weighted by Gasteiger charge is 2.39. The van der Waals surface area contributed by atoms with Crippen LogP contribution in [0.5, 0.6) is 0 Å². The fourth-order valence-electron chi connectivity index (χ4n) is 3.43. The highest BCUT2D eigenvalue weighted by atomic mass is 28.3. The fraction of sp³-hybridized carbons (Fsp3) is 0.261. The van der Waals surface area contributed by atoms with Crippen LogP contribution in [0.25, 0.3) is 11.3 Å². The number of allylic oxidation sites excluding steroid dienone is 2. The maximum absolute atomic E-state index is 5.27. The highest BCUT2D eigenvalue weighted by molar-refractivity contribution is 6.96. The summed E-state index contributed by atoms with van der Waals surface area (Å²) in [5.41, 5.74) is 5.14. The quantitative estimate of drug-likeness (QED) is 0.571. The second-order valence-corrected chi connectivity index (χ2v) is 12.0. The first kappa shape index (κ1) is 17.6. The molecule has 0 bridgehead atoms. The van der Waals surface area contributed by atoms with Crippen molar-refractivity contribution in [1.82, 2.24) is 0 Å². The molecule has 2 heteroatoms. The van der Waals surface area contributed by atoms with Gasteiger partial charge < -0.3 is 4.66 Å². The van der Waals surface area contributed by atoms with Crippen LogP contribution in [0.1, 0.15) is 31.9 Å². The number of rotatable bonds is 3. The summed E-state index contributed by atoms with van der Waals surface area (Å²) >= 11 is 0. The van der Waals surface area contributed by atoms with E-state index in [1.807, 2.05) is 0 Å². The molecule has 3 rings (SSSR count). The lowest BCUT2D eigenvalue weighted by Crippen LogP contribution is -2.24. The Balaban J connectivity index is 2.17. The van der Waals surface area contributed by atoms with Crippen LogP contribution in [-0.2, 0) is 0 Å². The Morgan fingerprint density at radius 3 is 1.92 bits per heavy atom. The number of hydrogen-bond acceptors (Lipinski definition) is 1. The third kappa shape index (κ3) is 3.74. The van der Waals surface area contributed by atoms with E-state index in [2.05, 4.69) is 107 Å². The van der Waals surface area contributed by atoms with Crippen LogP contribution in [0, 0.1) is 5.41 Å². The van der Waals surface area contributed by atoms with Gasteiger partial charge >= 0.3 is 0 Å². The zero-order valence-corrected chi connectivity index (χ0v) is 16.9. The summed E-state index contributed by atoms with van der Waals surface area (Å²) in [5.74, 6) is 0. The second-order valence-electron chi connectivity index (χ2n) is 8.17. The van der Waals surface area contributed by atoms with Gasteiger partial charge in [-0.1, -0.05) is 93.6 Å². The Morgan fingerprint density at radius 2 is 1.36 bits per heavy atom. The zero-order chi connectivity index (χ0) is 18.1. The highest BCUT2D eigenvalue weighted by Crippen LogP contribution is 2.41. The predicted molar refractivity (Wildman–Crippen MR) is 113 cm³/mol. The van der Waals surface area contributed by atoms with Crippen LogP contribution in [0.3, 0.4) is 0 Å². The molecule has 0 aromatic heterocycles. The molecule has 1 heterocycles. The van der Waals surface area contributed by atoms with Crippen LogP contribution < -0.4 is 0 Å². The Morgan fingerprint density at radius 1 is 0.800 bits per heavy atom. The molecule has 0 atom stereocenters. The van der Waals surface area contributed by atoms with E-state index in [9.17, 15) is 0 Å². The summed E-state index contributed by atoms with van der Waals surface area (Å²) in [7, 11) is -1.87. The first-order chi connectivity index (χ1) is 11.8. The maximum atomic E-state index is 5.27. The number of benzene rings is 2. The molecule has 0 N–H and O–H groups in total. The average molecular weight is 346 g/mol. The van der Waals surface area contributed by atoms with Gasteiger partial charge in [0.05, 0.1) is 0 Å². The van der Waals surface area contributed by atoms with Gasteiger partial charge in [-0.3, -0.25) is 0 Å². The summed E-state index contributed by atoms with van der Waals surface area (Å²) in [5, 5.41) is 1.45. The monoisotopic (exact) mass is 345 g/mol. The summed E-state index contributed by atoms with van der Waals surface area (Å²) in [6.45, 7) is 11.5. The molecule has 1 nitrogen and oxygen atoms in total. The molecule has 2 aromatic rings. The topological polar surface area (TPSA) is 12.4 Å². The summed E-state index contributed by atoms with van der Waals surface area (Å²) in [6.07, 6.45) is 4.50. The molecule has 0 radical (unpaired) electrons. The summed E-state index contributed by atoms with van der Waals surface area (Å²) in [4.78, 5) is 0. The molecule has 0 unspecified atom stereocenters.